The van der Waals surface area contributed by atoms with Crippen molar-refractivity contribution < 1.29 is 5.11 Å². The first-order chi connectivity index (χ1) is 9.40. The summed E-state index contributed by atoms with van der Waals surface area (Å²) < 4.78 is 0. The average molecular weight is 254 g/mol. The molecule has 0 amide bonds. The molecule has 1 unspecified atom stereocenters. The Labute approximate surface area is 115 Å². The Morgan fingerprint density at radius 3 is 2.05 bits per heavy atom. The van der Waals surface area contributed by atoms with Crippen molar-refractivity contribution in [2.24, 2.45) is 0 Å². The van der Waals surface area contributed by atoms with E-state index in [0.29, 0.717) is 5.92 Å². The molecule has 2 aromatic rings. The van der Waals surface area contributed by atoms with E-state index < -0.39 is 0 Å². The fourth-order valence-electron chi connectivity index (χ4n) is 2.53. The molecule has 0 saturated heterocycles. The van der Waals surface area contributed by atoms with E-state index in [1.807, 2.05) is 0 Å². The van der Waals surface area contributed by atoms with E-state index in [1.54, 1.807) is 0 Å². The zero-order valence-electron chi connectivity index (χ0n) is 11.3. The maximum absolute atomic E-state index is 9.05. The van der Waals surface area contributed by atoms with Gasteiger partial charge in [0, 0.05) is 6.61 Å². The van der Waals surface area contributed by atoms with Crippen molar-refractivity contribution in [3.8, 4) is 0 Å². The van der Waals surface area contributed by atoms with Gasteiger partial charge in [-0.25, -0.2) is 0 Å². The van der Waals surface area contributed by atoms with E-state index in [0.717, 1.165) is 25.7 Å². The molecule has 0 heterocycles. The van der Waals surface area contributed by atoms with E-state index in [2.05, 4.69) is 60.7 Å². The van der Waals surface area contributed by atoms with E-state index in [4.69, 9.17) is 5.11 Å². The molecule has 0 aliphatic carbocycles. The zero-order valence-corrected chi connectivity index (χ0v) is 11.3. The molecule has 0 saturated carbocycles. The molecule has 0 aliphatic rings. The highest BCUT2D eigenvalue weighted by molar-refractivity contribution is 5.21. The van der Waals surface area contributed by atoms with Gasteiger partial charge in [-0.15, -0.1) is 0 Å². The molecule has 1 heteroatoms. The van der Waals surface area contributed by atoms with Crippen LogP contribution in [0.2, 0.25) is 0 Å². The van der Waals surface area contributed by atoms with Crippen molar-refractivity contribution in [1.29, 1.82) is 0 Å². The summed E-state index contributed by atoms with van der Waals surface area (Å²) in [6.45, 7) is 0.286. The van der Waals surface area contributed by atoms with Crippen LogP contribution in [0.3, 0.4) is 0 Å². The first-order valence-corrected chi connectivity index (χ1v) is 7.10. The third kappa shape index (κ3) is 4.53. The summed E-state index contributed by atoms with van der Waals surface area (Å²) in [7, 11) is 0. The predicted octanol–water partition coefficient (Wildman–Crippen LogP) is 4.18. The van der Waals surface area contributed by atoms with E-state index in [-0.39, 0.29) is 6.61 Å². The quantitative estimate of drug-likeness (QED) is 0.786. The Balaban J connectivity index is 1.98. The second-order valence-electron chi connectivity index (χ2n) is 5.00. The lowest BCUT2D eigenvalue weighted by atomic mass is 9.89. The molecule has 1 nitrogen and oxygen atoms in total. The smallest absolute Gasteiger partial charge is 0.0431 e. The number of aryl methyl sites for hydroxylation is 1. The van der Waals surface area contributed by atoms with Crippen molar-refractivity contribution >= 4 is 0 Å². The van der Waals surface area contributed by atoms with Crippen LogP contribution >= 0.6 is 0 Å². The topological polar surface area (TPSA) is 20.2 Å². The molecule has 0 fully saturated rings. The summed E-state index contributed by atoms with van der Waals surface area (Å²) in [5, 5.41) is 9.05. The molecule has 1 N–H and O–H groups in total. The summed E-state index contributed by atoms with van der Waals surface area (Å²) in [6.07, 6.45) is 4.20. The first-order valence-electron chi connectivity index (χ1n) is 7.10. The number of hydrogen-bond donors (Lipinski definition) is 1. The molecular formula is C18H22O. The normalized spacial score (nSPS) is 12.3. The number of aliphatic hydroxyl groups excluding tert-OH is 1. The van der Waals surface area contributed by atoms with Crippen molar-refractivity contribution in [2.75, 3.05) is 6.61 Å². The average Bonchev–Trinajstić information content (AvgIpc) is 2.49. The Kier molecular flexibility index (Phi) is 5.64. The van der Waals surface area contributed by atoms with Crippen LogP contribution < -0.4 is 0 Å². The van der Waals surface area contributed by atoms with Crippen molar-refractivity contribution in [3.05, 3.63) is 71.8 Å². The van der Waals surface area contributed by atoms with E-state index >= 15 is 0 Å². The maximum Gasteiger partial charge on any atom is 0.0431 e. The molecule has 0 spiro atoms. The second-order valence-corrected chi connectivity index (χ2v) is 5.00. The molecule has 1 atom stereocenters. The van der Waals surface area contributed by atoms with Gasteiger partial charge in [0.1, 0.15) is 0 Å². The van der Waals surface area contributed by atoms with Crippen LogP contribution in [0.1, 0.15) is 36.3 Å². The van der Waals surface area contributed by atoms with Gasteiger partial charge in [0.15, 0.2) is 0 Å². The number of hydrogen-bond acceptors (Lipinski definition) is 1. The number of aliphatic hydroxyl groups is 1. The molecule has 100 valence electrons. The minimum absolute atomic E-state index is 0.286. The van der Waals surface area contributed by atoms with Crippen LogP contribution in [-0.4, -0.2) is 11.7 Å². The summed E-state index contributed by atoms with van der Waals surface area (Å²) in [4.78, 5) is 0. The van der Waals surface area contributed by atoms with Gasteiger partial charge in [0.25, 0.3) is 0 Å². The standard InChI is InChI=1S/C18H22O/c19-15-7-12-18(17-10-5-2-6-11-17)14-13-16-8-3-1-4-9-16/h1-6,8-11,18-19H,7,12-15H2. The van der Waals surface area contributed by atoms with Gasteiger partial charge < -0.3 is 5.11 Å². The third-order valence-electron chi connectivity index (χ3n) is 3.61. The Morgan fingerprint density at radius 1 is 0.789 bits per heavy atom. The van der Waals surface area contributed by atoms with Crippen LogP contribution in [0, 0.1) is 0 Å². The third-order valence-corrected chi connectivity index (χ3v) is 3.61. The van der Waals surface area contributed by atoms with E-state index in [1.165, 1.54) is 11.1 Å². The lowest BCUT2D eigenvalue weighted by Crippen LogP contribution is -2.02. The minimum Gasteiger partial charge on any atom is -0.396 e. The van der Waals surface area contributed by atoms with Gasteiger partial charge in [0.2, 0.25) is 0 Å². The van der Waals surface area contributed by atoms with Gasteiger partial charge in [-0.3, -0.25) is 0 Å². The largest absolute Gasteiger partial charge is 0.396 e. The summed E-state index contributed by atoms with van der Waals surface area (Å²) in [6, 6.07) is 21.3. The lowest BCUT2D eigenvalue weighted by molar-refractivity contribution is 0.278. The molecule has 19 heavy (non-hydrogen) atoms. The number of benzene rings is 2. The fourth-order valence-corrected chi connectivity index (χ4v) is 2.53. The van der Waals surface area contributed by atoms with Gasteiger partial charge in [-0.05, 0) is 42.7 Å². The highest BCUT2D eigenvalue weighted by atomic mass is 16.2. The molecular weight excluding hydrogens is 232 g/mol. The van der Waals surface area contributed by atoms with Crippen LogP contribution in [0.15, 0.2) is 60.7 Å². The molecule has 0 aliphatic heterocycles. The SMILES string of the molecule is OCCCC(CCc1ccccc1)c1ccccc1. The Bertz CT molecular complexity index is 450. The lowest BCUT2D eigenvalue weighted by Gasteiger charge is -2.17. The van der Waals surface area contributed by atoms with Crippen LogP contribution in [0.5, 0.6) is 0 Å². The molecule has 2 rings (SSSR count). The zero-order chi connectivity index (χ0) is 13.3. The van der Waals surface area contributed by atoms with Crippen molar-refractivity contribution in [3.63, 3.8) is 0 Å². The van der Waals surface area contributed by atoms with Crippen molar-refractivity contribution in [1.82, 2.24) is 0 Å². The predicted molar refractivity (Wildman–Crippen MR) is 80.3 cm³/mol. The highest BCUT2D eigenvalue weighted by Gasteiger charge is 2.10. The summed E-state index contributed by atoms with van der Waals surface area (Å²) in [5.41, 5.74) is 2.79. The fraction of sp³-hybridized carbons (Fsp3) is 0.333. The molecule has 0 bridgehead atoms. The minimum atomic E-state index is 0.286. The second kappa shape index (κ2) is 7.75. The molecule has 0 radical (unpaired) electrons. The van der Waals surface area contributed by atoms with E-state index in [9.17, 15) is 0 Å². The van der Waals surface area contributed by atoms with Crippen LogP contribution in [-0.2, 0) is 6.42 Å². The van der Waals surface area contributed by atoms with Gasteiger partial charge in [-0.1, -0.05) is 60.7 Å². The first kappa shape index (κ1) is 13.8. The molecule has 2 aromatic carbocycles. The van der Waals surface area contributed by atoms with Gasteiger partial charge in [-0.2, -0.15) is 0 Å². The monoisotopic (exact) mass is 254 g/mol. The van der Waals surface area contributed by atoms with Crippen molar-refractivity contribution in [2.45, 2.75) is 31.6 Å². The van der Waals surface area contributed by atoms with Crippen LogP contribution in [0.4, 0.5) is 0 Å². The Hall–Kier alpha value is -1.60. The van der Waals surface area contributed by atoms with Gasteiger partial charge >= 0.3 is 0 Å². The number of rotatable bonds is 7. The summed E-state index contributed by atoms with van der Waals surface area (Å²) >= 11 is 0. The maximum atomic E-state index is 9.05. The molecule has 0 aromatic heterocycles. The Morgan fingerprint density at radius 2 is 1.42 bits per heavy atom. The highest BCUT2D eigenvalue weighted by Crippen LogP contribution is 2.26. The summed E-state index contributed by atoms with van der Waals surface area (Å²) in [5.74, 6) is 0.550. The van der Waals surface area contributed by atoms with Gasteiger partial charge in [0.05, 0.1) is 0 Å². The van der Waals surface area contributed by atoms with Crippen LogP contribution in [0.25, 0.3) is 0 Å².